The van der Waals surface area contributed by atoms with Gasteiger partial charge in [0.1, 0.15) is 23.7 Å². The van der Waals surface area contributed by atoms with Gasteiger partial charge in [-0.15, -0.1) is 23.2 Å². The van der Waals surface area contributed by atoms with Crippen LogP contribution in [0, 0.1) is 12.7 Å². The molecule has 1 aromatic carbocycles. The summed E-state index contributed by atoms with van der Waals surface area (Å²) in [5.74, 6) is -1.08. The molecule has 10 heteroatoms. The summed E-state index contributed by atoms with van der Waals surface area (Å²) < 4.78 is 25.5. The van der Waals surface area contributed by atoms with E-state index in [2.05, 4.69) is 10.4 Å². The lowest BCUT2D eigenvalue weighted by atomic mass is 10.2. The Morgan fingerprint density at radius 3 is 2.56 bits per heavy atom. The van der Waals surface area contributed by atoms with E-state index in [9.17, 15) is 14.0 Å². The number of benzene rings is 1. The third kappa shape index (κ3) is 6.41. The van der Waals surface area contributed by atoms with Crippen molar-refractivity contribution in [1.29, 1.82) is 0 Å². The van der Waals surface area contributed by atoms with Crippen LogP contribution < -0.4 is 5.32 Å². The molecule has 1 heterocycles. The van der Waals surface area contributed by atoms with Crippen LogP contribution in [0.3, 0.4) is 0 Å². The van der Waals surface area contributed by atoms with Crippen LogP contribution in [0.25, 0.3) is 5.69 Å². The number of para-hydroxylation sites is 1. The summed E-state index contributed by atoms with van der Waals surface area (Å²) in [5.41, 5.74) is 1.18. The Kier molecular flexibility index (Phi) is 9.60. The van der Waals surface area contributed by atoms with Crippen LogP contribution in [0.2, 0.25) is 0 Å². The monoisotopic (exact) mass is 419 g/mol. The Morgan fingerprint density at radius 2 is 1.96 bits per heavy atom. The summed E-state index contributed by atoms with van der Waals surface area (Å²) in [6.45, 7) is 3.42. The van der Waals surface area contributed by atoms with E-state index in [0.717, 1.165) is 0 Å². The molecule has 0 radical (unpaired) electrons. The molecule has 0 atom stereocenters. The highest BCUT2D eigenvalue weighted by Crippen LogP contribution is 2.21. The number of carbonyl (C=O) groups is 2. The molecule has 27 heavy (non-hydrogen) atoms. The van der Waals surface area contributed by atoms with E-state index in [1.165, 1.54) is 30.1 Å². The van der Waals surface area contributed by atoms with Crippen LogP contribution in [0.1, 0.15) is 28.5 Å². The van der Waals surface area contributed by atoms with E-state index in [4.69, 9.17) is 32.7 Å². The van der Waals surface area contributed by atoms with Gasteiger partial charge in [0.15, 0.2) is 0 Å². The zero-order valence-corrected chi connectivity index (χ0v) is 16.6. The largest absolute Gasteiger partial charge is 0.462 e. The van der Waals surface area contributed by atoms with Crippen molar-refractivity contribution in [3.05, 3.63) is 47.0 Å². The summed E-state index contributed by atoms with van der Waals surface area (Å²) in [4.78, 5) is 23.1. The Morgan fingerprint density at radius 1 is 1.30 bits per heavy atom. The molecule has 2 aromatic rings. The maximum atomic E-state index is 14.3. The topological polar surface area (TPSA) is 82.5 Å². The minimum Gasteiger partial charge on any atom is -0.462 e. The molecular formula is C17H20Cl2FN3O4. The summed E-state index contributed by atoms with van der Waals surface area (Å²) in [7, 11) is 1.43. The molecule has 0 aliphatic carbocycles. The number of nitrogens with zero attached hydrogens (tertiary/aromatic N) is 2. The van der Waals surface area contributed by atoms with Gasteiger partial charge in [-0.1, -0.05) is 12.1 Å². The number of aromatic nitrogens is 2. The lowest BCUT2D eigenvalue weighted by Gasteiger charge is -2.11. The Balaban J connectivity index is 0.00000114. The number of hydrogen-bond donors (Lipinski definition) is 1. The van der Waals surface area contributed by atoms with Crippen LogP contribution >= 0.6 is 23.2 Å². The van der Waals surface area contributed by atoms with Gasteiger partial charge in [-0.25, -0.2) is 18.7 Å². The van der Waals surface area contributed by atoms with Crippen LogP contribution in [-0.4, -0.2) is 40.8 Å². The lowest BCUT2D eigenvalue weighted by Crippen LogP contribution is -2.19. The quantitative estimate of drug-likeness (QED) is 0.588. The van der Waals surface area contributed by atoms with Crippen molar-refractivity contribution < 1.29 is 23.5 Å². The molecule has 7 nitrogen and oxygen atoms in total. The fraction of sp³-hybridized carbons (Fsp3) is 0.353. The molecule has 0 unspecified atom stereocenters. The molecule has 0 saturated heterocycles. The highest BCUT2D eigenvalue weighted by Gasteiger charge is 2.19. The van der Waals surface area contributed by atoms with Crippen molar-refractivity contribution in [3.63, 3.8) is 0 Å². The minimum absolute atomic E-state index is 0.111. The molecule has 0 aliphatic rings. The fourth-order valence-electron chi connectivity index (χ4n) is 2.13. The molecule has 2 rings (SSSR count). The predicted octanol–water partition coefficient (Wildman–Crippen LogP) is 3.77. The molecule has 0 saturated carbocycles. The number of carbonyl (C=O) groups excluding carboxylic acids is 2. The van der Waals surface area contributed by atoms with Gasteiger partial charge >= 0.3 is 12.1 Å². The van der Waals surface area contributed by atoms with Gasteiger partial charge in [0, 0.05) is 18.8 Å². The number of nitrogens with one attached hydrogen (secondary N) is 1. The van der Waals surface area contributed by atoms with E-state index < -0.39 is 17.9 Å². The van der Waals surface area contributed by atoms with Crippen LogP contribution in [0.4, 0.5) is 9.18 Å². The van der Waals surface area contributed by atoms with Gasteiger partial charge in [0.05, 0.1) is 17.6 Å². The van der Waals surface area contributed by atoms with Crippen molar-refractivity contribution in [2.75, 3.05) is 19.0 Å². The van der Waals surface area contributed by atoms with E-state index in [0.29, 0.717) is 11.3 Å². The molecule has 1 aromatic heterocycles. The van der Waals surface area contributed by atoms with E-state index >= 15 is 0 Å². The number of halogens is 3. The highest BCUT2D eigenvalue weighted by atomic mass is 35.5. The summed E-state index contributed by atoms with van der Waals surface area (Å²) >= 11 is 9.53. The molecule has 0 bridgehead atoms. The lowest BCUT2D eigenvalue weighted by molar-refractivity contribution is 0.0525. The molecule has 1 N–H and O–H groups in total. The molecule has 0 aliphatic heterocycles. The maximum absolute atomic E-state index is 14.3. The van der Waals surface area contributed by atoms with Gasteiger partial charge in [-0.2, -0.15) is 5.10 Å². The van der Waals surface area contributed by atoms with Crippen molar-refractivity contribution in [2.24, 2.45) is 0 Å². The number of alkyl halides is 2. The minimum atomic E-state index is -0.630. The second kappa shape index (κ2) is 11.4. The number of esters is 1. The molecule has 1 amide bonds. The third-order valence-electron chi connectivity index (χ3n) is 3.26. The fourth-order valence-corrected chi connectivity index (χ4v) is 2.13. The number of alkyl carbamates (subject to hydrolysis) is 1. The van der Waals surface area contributed by atoms with Crippen molar-refractivity contribution in [3.8, 4) is 5.69 Å². The number of amides is 1. The normalized spacial score (nSPS) is 9.85. The summed E-state index contributed by atoms with van der Waals surface area (Å²) in [5, 5.41) is 6.68. The average Bonchev–Trinajstić information content (AvgIpc) is 3.01. The first-order chi connectivity index (χ1) is 12.9. The maximum Gasteiger partial charge on any atom is 0.407 e. The van der Waals surface area contributed by atoms with Gasteiger partial charge in [0.25, 0.3) is 0 Å². The van der Waals surface area contributed by atoms with Gasteiger partial charge in [-0.05, 0) is 19.9 Å². The molecular weight excluding hydrogens is 400 g/mol. The number of ether oxygens (including phenoxy) is 2. The zero-order chi connectivity index (χ0) is 20.4. The van der Waals surface area contributed by atoms with Crippen LogP contribution in [-0.2, 0) is 16.1 Å². The Bertz CT molecular complexity index is 784. The van der Waals surface area contributed by atoms with E-state index in [1.54, 1.807) is 19.9 Å². The van der Waals surface area contributed by atoms with Crippen molar-refractivity contribution in [2.45, 2.75) is 20.5 Å². The standard InChI is InChI=1S/C16H18FN3O4.CH2Cl2/c1-4-23-15(21)12-8-20(19-10(12)2)14-11(6-5-7-13(14)17)9-24-16(22)18-3;2-1-3/h5-8H,4,9H2,1-3H3,(H,18,22);1H2. The molecule has 148 valence electrons. The first-order valence-corrected chi connectivity index (χ1v) is 8.94. The summed E-state index contributed by atoms with van der Waals surface area (Å²) in [6.07, 6.45) is 0.767. The average molecular weight is 420 g/mol. The number of hydrogen-bond acceptors (Lipinski definition) is 5. The first kappa shape index (κ1) is 22.7. The smallest absolute Gasteiger partial charge is 0.407 e. The number of aryl methyl sites for hydroxylation is 1. The predicted molar refractivity (Wildman–Crippen MR) is 100 cm³/mol. The SMILES string of the molecule is CCOC(=O)c1cn(-c2c(F)cccc2COC(=O)NC)nc1C.ClCCl. The van der Waals surface area contributed by atoms with Gasteiger partial charge in [-0.3, -0.25) is 0 Å². The zero-order valence-electron chi connectivity index (χ0n) is 15.1. The van der Waals surface area contributed by atoms with Crippen molar-refractivity contribution >= 4 is 35.3 Å². The molecule has 0 fully saturated rings. The highest BCUT2D eigenvalue weighted by molar-refractivity contribution is 6.40. The second-order valence-corrected chi connectivity index (χ2v) is 5.78. The first-order valence-electron chi connectivity index (χ1n) is 7.87. The van der Waals surface area contributed by atoms with Crippen LogP contribution in [0.15, 0.2) is 24.4 Å². The van der Waals surface area contributed by atoms with Gasteiger partial charge < -0.3 is 14.8 Å². The Hall–Kier alpha value is -2.32. The summed E-state index contributed by atoms with van der Waals surface area (Å²) in [6, 6.07) is 4.38. The second-order valence-electron chi connectivity index (χ2n) is 4.97. The van der Waals surface area contributed by atoms with Crippen LogP contribution in [0.5, 0.6) is 0 Å². The molecule has 0 spiro atoms. The van der Waals surface area contributed by atoms with Gasteiger partial charge in [0.2, 0.25) is 0 Å². The third-order valence-corrected chi connectivity index (χ3v) is 3.26. The van der Waals surface area contributed by atoms with E-state index in [-0.39, 0.29) is 29.8 Å². The van der Waals surface area contributed by atoms with E-state index in [1.807, 2.05) is 0 Å². The number of rotatable bonds is 5. The van der Waals surface area contributed by atoms with Crippen molar-refractivity contribution in [1.82, 2.24) is 15.1 Å². The Labute approximate surface area is 166 Å².